The van der Waals surface area contributed by atoms with Crippen LogP contribution in [-0.2, 0) is 22.7 Å². The van der Waals surface area contributed by atoms with E-state index in [-0.39, 0.29) is 35.3 Å². The molecule has 0 saturated heterocycles. The molecule has 0 atom stereocenters. The van der Waals surface area contributed by atoms with Gasteiger partial charge >= 0.3 is 12.1 Å². The average molecular weight is 585 g/mol. The molecule has 0 radical (unpaired) electrons. The lowest BCUT2D eigenvalue weighted by Gasteiger charge is -2.22. The molecule has 0 saturated carbocycles. The van der Waals surface area contributed by atoms with Crippen LogP contribution in [0, 0.1) is 0 Å². The minimum Gasteiger partial charge on any atom is -0.497 e. The van der Waals surface area contributed by atoms with Crippen molar-refractivity contribution in [2.24, 2.45) is 5.10 Å². The van der Waals surface area contributed by atoms with Crippen molar-refractivity contribution < 1.29 is 38.4 Å². The van der Waals surface area contributed by atoms with Crippen molar-refractivity contribution in [3.8, 4) is 23.0 Å². The lowest BCUT2D eigenvalue weighted by Crippen LogP contribution is -2.33. The predicted molar refractivity (Wildman–Crippen MR) is 154 cm³/mol. The highest BCUT2D eigenvalue weighted by atomic mass is 35.5. The fraction of sp³-hybridized carbons (Fsp3) is 0.300. The number of nitrogens with zero attached hydrogens (tertiary/aromatic N) is 2. The lowest BCUT2D eigenvalue weighted by atomic mass is 10.1. The maximum Gasteiger partial charge on any atom is 0.430 e. The van der Waals surface area contributed by atoms with Crippen molar-refractivity contribution in [2.75, 3.05) is 21.3 Å². The minimum absolute atomic E-state index is 0.0242. The number of carboxylic acids is 1. The molecule has 0 aliphatic rings. The number of carboxylic acid groups (broad SMARTS) is 1. The number of rotatable bonds is 11. The van der Waals surface area contributed by atoms with Crippen LogP contribution in [0.5, 0.6) is 23.0 Å². The van der Waals surface area contributed by atoms with Gasteiger partial charge in [0, 0.05) is 12.6 Å². The number of hydrogen-bond acceptors (Lipinski definition) is 8. The molecule has 3 rings (SSSR count). The molecule has 0 unspecified atom stereocenters. The highest BCUT2D eigenvalue weighted by molar-refractivity contribution is 6.47. The second kappa shape index (κ2) is 13.8. The Balaban J connectivity index is 1.97. The summed E-state index contributed by atoms with van der Waals surface area (Å²) in [5.41, 5.74) is 0.409. The van der Waals surface area contributed by atoms with Crippen LogP contribution in [0.25, 0.3) is 0 Å². The third-order valence-electron chi connectivity index (χ3n) is 5.52. The van der Waals surface area contributed by atoms with Crippen LogP contribution in [0.15, 0.2) is 65.8 Å². The summed E-state index contributed by atoms with van der Waals surface area (Å²) in [6.45, 7) is 5.35. The molecule has 1 N–H and O–H groups in total. The monoisotopic (exact) mass is 584 g/mol. The summed E-state index contributed by atoms with van der Waals surface area (Å²) in [6.07, 6.45) is -0.831. The molecule has 1 amide bonds. The Morgan fingerprint density at radius 2 is 1.37 bits per heavy atom. The van der Waals surface area contributed by atoms with Crippen LogP contribution >= 0.6 is 11.6 Å². The summed E-state index contributed by atoms with van der Waals surface area (Å²) in [6, 6.07) is 17.6. The van der Waals surface area contributed by atoms with E-state index < -0.39 is 23.4 Å². The van der Waals surface area contributed by atoms with Gasteiger partial charge in [0.25, 0.3) is 0 Å². The van der Waals surface area contributed by atoms with Crippen LogP contribution in [0.3, 0.4) is 0 Å². The molecule has 0 aromatic heterocycles. The first kappa shape index (κ1) is 31.1. The first-order valence-electron chi connectivity index (χ1n) is 12.5. The van der Waals surface area contributed by atoms with E-state index >= 15 is 0 Å². The number of methoxy groups -OCH3 is 2. The standard InChI is InChI=1S/C30H33ClN2O8/c1-30(2,3)41-29(36)33(4)32-26(28(34)35)23-15-16-24(39-17-19-7-11-21(37-5)12-8-19)27(25(23)31)40-18-20-9-13-22(38-6)14-10-20/h7-16H,17-18H2,1-6H3,(H,34,35)/b32-26-. The van der Waals surface area contributed by atoms with Crippen molar-refractivity contribution in [1.82, 2.24) is 5.01 Å². The van der Waals surface area contributed by atoms with Gasteiger partial charge in [0.15, 0.2) is 17.2 Å². The lowest BCUT2D eigenvalue weighted by molar-refractivity contribution is -0.129. The number of halogens is 1. The largest absolute Gasteiger partial charge is 0.497 e. The summed E-state index contributed by atoms with van der Waals surface area (Å²) in [5.74, 6) is 0.390. The van der Waals surface area contributed by atoms with Crippen molar-refractivity contribution >= 4 is 29.4 Å². The summed E-state index contributed by atoms with van der Waals surface area (Å²) in [5, 5.41) is 14.7. The highest BCUT2D eigenvalue weighted by Crippen LogP contribution is 2.39. The van der Waals surface area contributed by atoms with E-state index in [9.17, 15) is 14.7 Å². The first-order chi connectivity index (χ1) is 19.4. The molecule has 10 nitrogen and oxygen atoms in total. The molecule has 0 bridgehead atoms. The minimum atomic E-state index is -1.41. The van der Waals surface area contributed by atoms with Crippen LogP contribution < -0.4 is 18.9 Å². The van der Waals surface area contributed by atoms with E-state index in [0.29, 0.717) is 11.5 Å². The zero-order valence-electron chi connectivity index (χ0n) is 23.8. The van der Waals surface area contributed by atoms with Gasteiger partial charge in [-0.05, 0) is 68.3 Å². The maximum absolute atomic E-state index is 12.4. The molecule has 0 aliphatic carbocycles. The zero-order chi connectivity index (χ0) is 30.2. The third kappa shape index (κ3) is 8.77. The number of ether oxygens (including phenoxy) is 5. The van der Waals surface area contributed by atoms with Crippen molar-refractivity contribution in [3.63, 3.8) is 0 Å². The number of aliphatic carboxylic acids is 1. The van der Waals surface area contributed by atoms with E-state index in [1.165, 1.54) is 13.1 Å². The molecular formula is C30H33ClN2O8. The number of carbonyl (C=O) groups excluding carboxylic acids is 1. The fourth-order valence-electron chi connectivity index (χ4n) is 3.46. The van der Waals surface area contributed by atoms with E-state index in [1.807, 2.05) is 36.4 Å². The van der Waals surface area contributed by atoms with E-state index in [4.69, 9.17) is 35.3 Å². The molecule has 41 heavy (non-hydrogen) atoms. The second-order valence-corrected chi connectivity index (χ2v) is 10.2. The van der Waals surface area contributed by atoms with Gasteiger partial charge in [-0.3, -0.25) is 0 Å². The summed E-state index contributed by atoms with van der Waals surface area (Å²) in [7, 11) is 4.45. The van der Waals surface area contributed by atoms with Gasteiger partial charge in [-0.2, -0.15) is 5.10 Å². The number of carbonyl (C=O) groups is 2. The third-order valence-corrected chi connectivity index (χ3v) is 5.90. The van der Waals surface area contributed by atoms with Gasteiger partial charge in [0.2, 0.25) is 0 Å². The van der Waals surface area contributed by atoms with Crippen LogP contribution in [0.2, 0.25) is 5.02 Å². The summed E-state index contributed by atoms with van der Waals surface area (Å²) < 4.78 is 27.8. The Kier molecular flexibility index (Phi) is 10.4. The summed E-state index contributed by atoms with van der Waals surface area (Å²) in [4.78, 5) is 24.7. The predicted octanol–water partition coefficient (Wildman–Crippen LogP) is 6.17. The molecule has 0 aliphatic heterocycles. The molecule has 0 heterocycles. The Morgan fingerprint density at radius 1 is 0.854 bits per heavy atom. The molecule has 0 fully saturated rings. The molecule has 218 valence electrons. The van der Waals surface area contributed by atoms with Crippen molar-refractivity contribution in [3.05, 3.63) is 82.4 Å². The fourth-order valence-corrected chi connectivity index (χ4v) is 3.76. The molecule has 3 aromatic rings. The number of benzene rings is 3. The Labute approximate surface area is 244 Å². The average Bonchev–Trinajstić information content (AvgIpc) is 2.94. The highest BCUT2D eigenvalue weighted by Gasteiger charge is 2.26. The number of hydrazone groups is 1. The van der Waals surface area contributed by atoms with Crippen molar-refractivity contribution in [2.45, 2.75) is 39.6 Å². The van der Waals surface area contributed by atoms with Gasteiger partial charge in [-0.1, -0.05) is 35.9 Å². The quantitative estimate of drug-likeness (QED) is 0.210. The van der Waals surface area contributed by atoms with E-state index in [1.54, 1.807) is 53.2 Å². The normalized spacial score (nSPS) is 11.4. The zero-order valence-corrected chi connectivity index (χ0v) is 24.5. The van der Waals surface area contributed by atoms with Gasteiger partial charge in [0.05, 0.1) is 19.2 Å². The SMILES string of the molecule is COc1ccc(COc2ccc(/C(=N/N(C)C(=O)OC(C)(C)C)C(=O)O)c(Cl)c2OCc2ccc(OC)cc2)cc1. The van der Waals surface area contributed by atoms with Crippen molar-refractivity contribution in [1.29, 1.82) is 0 Å². The molecular weight excluding hydrogens is 552 g/mol. The van der Waals surface area contributed by atoms with E-state index in [0.717, 1.165) is 16.1 Å². The maximum atomic E-state index is 12.4. The van der Waals surface area contributed by atoms with Crippen LogP contribution in [0.1, 0.15) is 37.5 Å². The van der Waals surface area contributed by atoms with Gasteiger partial charge in [-0.25, -0.2) is 14.6 Å². The Bertz CT molecular complexity index is 1380. The topological polar surface area (TPSA) is 116 Å². The van der Waals surface area contributed by atoms with Gasteiger partial charge < -0.3 is 28.8 Å². The van der Waals surface area contributed by atoms with Gasteiger partial charge in [0.1, 0.15) is 30.3 Å². The number of hydrogen-bond donors (Lipinski definition) is 1. The second-order valence-electron chi connectivity index (χ2n) is 9.79. The van der Waals surface area contributed by atoms with E-state index in [2.05, 4.69) is 5.10 Å². The molecule has 0 spiro atoms. The molecule has 3 aromatic carbocycles. The van der Waals surface area contributed by atoms with Gasteiger partial charge in [-0.15, -0.1) is 0 Å². The Hall–Kier alpha value is -4.44. The number of amides is 1. The van der Waals surface area contributed by atoms with Crippen LogP contribution in [0.4, 0.5) is 4.79 Å². The summed E-state index contributed by atoms with van der Waals surface area (Å²) >= 11 is 6.74. The smallest absolute Gasteiger partial charge is 0.430 e. The molecule has 11 heteroatoms. The van der Waals surface area contributed by atoms with Crippen LogP contribution in [-0.4, -0.2) is 54.8 Å². The first-order valence-corrected chi connectivity index (χ1v) is 12.9. The Morgan fingerprint density at radius 3 is 1.83 bits per heavy atom.